The lowest BCUT2D eigenvalue weighted by molar-refractivity contribution is -0.124. The number of nitrogens with zero attached hydrogens (tertiary/aromatic N) is 2. The number of aliphatic imine (C=N–C) groups is 2. The lowest BCUT2D eigenvalue weighted by Crippen LogP contribution is -2.48. The van der Waals surface area contributed by atoms with E-state index in [2.05, 4.69) is 44.9 Å². The van der Waals surface area contributed by atoms with Crippen LogP contribution in [0, 0.1) is 0 Å². The molecule has 0 aliphatic carbocycles. The first-order chi connectivity index (χ1) is 16.3. The number of carbonyl (C=O) groups excluding carboxylic acids is 1. The predicted octanol–water partition coefficient (Wildman–Crippen LogP) is 0.410. The monoisotopic (exact) mass is 469 g/mol. The third-order valence-electron chi connectivity index (χ3n) is 5.55. The quantitative estimate of drug-likeness (QED) is 0.118. The van der Waals surface area contributed by atoms with Crippen molar-refractivity contribution in [2.24, 2.45) is 38.7 Å². The average molecular weight is 470 g/mol. The van der Waals surface area contributed by atoms with Crippen molar-refractivity contribution in [3.8, 4) is 0 Å². The van der Waals surface area contributed by atoms with E-state index in [1.165, 1.54) is 0 Å². The fourth-order valence-corrected chi connectivity index (χ4v) is 3.66. The van der Waals surface area contributed by atoms with Gasteiger partial charge in [0, 0.05) is 25.7 Å². The van der Waals surface area contributed by atoms with Crippen LogP contribution in [-0.4, -0.2) is 49.5 Å². The van der Waals surface area contributed by atoms with Crippen LogP contribution in [0.15, 0.2) is 52.4 Å². The standard InChI is InChI=1S/C24H39N9O/c1-16(18-11-10-17-6-2-3-7-19(17)14-18)33-22(34)21(9-5-13-31-24(28)29)32-15-20(25)8-4-12-30-23(26)27/h2-3,6-7,10-11,14,16,20-21,32H,4-5,8-9,12-13,15,25H2,1H3,(H,33,34)(H4,26,27,30)(H4,28,29,31)/t16-,20-,21-/m0/s1. The van der Waals surface area contributed by atoms with Gasteiger partial charge in [0.2, 0.25) is 5.91 Å². The second-order valence-corrected chi connectivity index (χ2v) is 8.46. The Hall–Kier alpha value is -3.37. The summed E-state index contributed by atoms with van der Waals surface area (Å²) < 4.78 is 0. The van der Waals surface area contributed by atoms with E-state index in [-0.39, 0.29) is 29.9 Å². The summed E-state index contributed by atoms with van der Waals surface area (Å²) in [5.74, 6) is 0.0319. The smallest absolute Gasteiger partial charge is 0.237 e. The van der Waals surface area contributed by atoms with Crippen molar-refractivity contribution in [1.82, 2.24) is 10.6 Å². The van der Waals surface area contributed by atoms with Gasteiger partial charge in [-0.1, -0.05) is 36.4 Å². The van der Waals surface area contributed by atoms with Gasteiger partial charge in [-0.05, 0) is 55.0 Å². The van der Waals surface area contributed by atoms with Gasteiger partial charge < -0.3 is 39.3 Å². The molecule has 10 heteroatoms. The Balaban J connectivity index is 1.96. The van der Waals surface area contributed by atoms with E-state index in [0.717, 1.165) is 29.2 Å². The third-order valence-corrected chi connectivity index (χ3v) is 5.55. The minimum Gasteiger partial charge on any atom is -0.370 e. The maximum absolute atomic E-state index is 13.1. The molecule has 0 heterocycles. The molecule has 3 atom stereocenters. The molecule has 12 N–H and O–H groups in total. The summed E-state index contributed by atoms with van der Waals surface area (Å²) in [5, 5.41) is 8.74. The average Bonchev–Trinajstić information content (AvgIpc) is 2.80. The van der Waals surface area contributed by atoms with Crippen LogP contribution in [0.4, 0.5) is 0 Å². The van der Waals surface area contributed by atoms with Gasteiger partial charge in [-0.3, -0.25) is 14.8 Å². The highest BCUT2D eigenvalue weighted by Crippen LogP contribution is 2.20. The maximum atomic E-state index is 13.1. The molecule has 0 spiro atoms. The molecule has 0 fully saturated rings. The van der Waals surface area contributed by atoms with E-state index in [9.17, 15) is 4.79 Å². The largest absolute Gasteiger partial charge is 0.370 e. The molecule has 0 aliphatic rings. The maximum Gasteiger partial charge on any atom is 0.237 e. The van der Waals surface area contributed by atoms with Crippen LogP contribution >= 0.6 is 0 Å². The first-order valence-electron chi connectivity index (χ1n) is 11.6. The van der Waals surface area contributed by atoms with E-state index >= 15 is 0 Å². The van der Waals surface area contributed by atoms with Crippen molar-refractivity contribution in [1.29, 1.82) is 0 Å². The van der Waals surface area contributed by atoms with E-state index in [1.807, 2.05) is 25.1 Å². The second-order valence-electron chi connectivity index (χ2n) is 8.46. The highest BCUT2D eigenvalue weighted by molar-refractivity contribution is 5.84. The van der Waals surface area contributed by atoms with Crippen LogP contribution in [0.5, 0.6) is 0 Å². The summed E-state index contributed by atoms with van der Waals surface area (Å²) in [6.45, 7) is 3.46. The van der Waals surface area contributed by atoms with Crippen LogP contribution in [0.2, 0.25) is 0 Å². The molecule has 0 saturated heterocycles. The normalized spacial score (nSPS) is 13.6. The van der Waals surface area contributed by atoms with Crippen molar-refractivity contribution in [2.45, 2.75) is 50.7 Å². The van der Waals surface area contributed by atoms with Gasteiger partial charge in [-0.15, -0.1) is 0 Å². The fraction of sp³-hybridized carbons (Fsp3) is 0.458. The first kappa shape index (κ1) is 26.9. The number of hydrogen-bond acceptors (Lipinski definition) is 5. The molecule has 2 aromatic rings. The summed E-state index contributed by atoms with van der Waals surface area (Å²) in [7, 11) is 0. The van der Waals surface area contributed by atoms with Gasteiger partial charge in [-0.2, -0.15) is 0 Å². The van der Waals surface area contributed by atoms with E-state index < -0.39 is 6.04 Å². The van der Waals surface area contributed by atoms with Gasteiger partial charge in [-0.25, -0.2) is 0 Å². The van der Waals surface area contributed by atoms with Gasteiger partial charge in [0.1, 0.15) is 0 Å². The highest BCUT2D eigenvalue weighted by atomic mass is 16.2. The minimum atomic E-state index is -0.416. The van der Waals surface area contributed by atoms with Crippen LogP contribution in [0.3, 0.4) is 0 Å². The van der Waals surface area contributed by atoms with Gasteiger partial charge in [0.15, 0.2) is 11.9 Å². The number of guanidine groups is 2. The zero-order chi connectivity index (χ0) is 24.9. The number of rotatable bonds is 14. The molecule has 2 rings (SSSR count). The highest BCUT2D eigenvalue weighted by Gasteiger charge is 2.21. The Morgan fingerprint density at radius 2 is 1.53 bits per heavy atom. The predicted molar refractivity (Wildman–Crippen MR) is 140 cm³/mol. The number of benzene rings is 2. The van der Waals surface area contributed by atoms with Crippen molar-refractivity contribution in [3.63, 3.8) is 0 Å². The summed E-state index contributed by atoms with van der Waals surface area (Å²) in [6, 6.07) is 13.7. The number of amides is 1. The molecule has 2 aromatic carbocycles. The van der Waals surface area contributed by atoms with E-state index in [1.54, 1.807) is 0 Å². The lowest BCUT2D eigenvalue weighted by atomic mass is 10.0. The summed E-state index contributed by atoms with van der Waals surface area (Å²) in [5.41, 5.74) is 28.8. The van der Waals surface area contributed by atoms with Crippen LogP contribution < -0.4 is 39.3 Å². The molecule has 0 bridgehead atoms. The Kier molecular flexibility index (Phi) is 11.1. The van der Waals surface area contributed by atoms with Gasteiger partial charge >= 0.3 is 0 Å². The van der Waals surface area contributed by atoms with Crippen molar-refractivity contribution in [3.05, 3.63) is 48.0 Å². The van der Waals surface area contributed by atoms with Crippen molar-refractivity contribution in [2.75, 3.05) is 19.6 Å². The number of fused-ring (bicyclic) bond motifs is 1. The van der Waals surface area contributed by atoms with Crippen molar-refractivity contribution < 1.29 is 4.79 Å². The molecule has 10 nitrogen and oxygen atoms in total. The van der Waals surface area contributed by atoms with Crippen LogP contribution in [-0.2, 0) is 4.79 Å². The topological polar surface area (TPSA) is 196 Å². The molecule has 1 amide bonds. The lowest BCUT2D eigenvalue weighted by Gasteiger charge is -2.23. The zero-order valence-corrected chi connectivity index (χ0v) is 19.9. The zero-order valence-electron chi connectivity index (χ0n) is 19.9. The molecule has 186 valence electrons. The Labute approximate surface area is 201 Å². The fourth-order valence-electron chi connectivity index (χ4n) is 3.66. The van der Waals surface area contributed by atoms with Gasteiger partial charge in [0.05, 0.1) is 12.1 Å². The molecule has 0 radical (unpaired) electrons. The summed E-state index contributed by atoms with van der Waals surface area (Å²) in [4.78, 5) is 21.1. The molecule has 0 unspecified atom stereocenters. The number of carbonyl (C=O) groups is 1. The SMILES string of the molecule is C[C@H](NC(=O)[C@H](CCCN=C(N)N)NC[C@@H](N)CCCN=C(N)N)c1ccc2ccccc2c1. The molecule has 34 heavy (non-hydrogen) atoms. The molecule has 0 saturated carbocycles. The molecule has 0 aliphatic heterocycles. The number of hydrogen-bond donors (Lipinski definition) is 7. The van der Waals surface area contributed by atoms with Crippen LogP contribution in [0.1, 0.15) is 44.2 Å². The Bertz CT molecular complexity index is 968. The Morgan fingerprint density at radius 1 is 0.912 bits per heavy atom. The number of nitrogens with one attached hydrogen (secondary N) is 2. The second kappa shape index (κ2) is 14.0. The Morgan fingerprint density at radius 3 is 2.18 bits per heavy atom. The summed E-state index contributed by atoms with van der Waals surface area (Å²) >= 11 is 0. The van der Waals surface area contributed by atoms with E-state index in [4.69, 9.17) is 28.7 Å². The number of nitrogens with two attached hydrogens (primary N) is 5. The van der Waals surface area contributed by atoms with Gasteiger partial charge in [0.25, 0.3) is 0 Å². The molecular formula is C24H39N9O. The van der Waals surface area contributed by atoms with Crippen LogP contribution in [0.25, 0.3) is 10.8 Å². The minimum absolute atomic E-state index is 0.0432. The molecular weight excluding hydrogens is 430 g/mol. The summed E-state index contributed by atoms with van der Waals surface area (Å²) in [6.07, 6.45) is 2.74. The molecule has 0 aromatic heterocycles. The first-order valence-corrected chi connectivity index (χ1v) is 11.6. The van der Waals surface area contributed by atoms with E-state index in [0.29, 0.717) is 32.5 Å². The van der Waals surface area contributed by atoms with Crippen molar-refractivity contribution >= 4 is 28.6 Å². The third kappa shape index (κ3) is 9.63.